The minimum Gasteiger partial charge on any atom is -0.463 e. The molecule has 0 aliphatic heterocycles. The molecule has 0 saturated heterocycles. The molecule has 16 nitrogen and oxygen atoms in total. The maximum Gasteiger partial charge on any atom is 0.472 e. The number of phosphoric acid groups is 2. The minimum absolute atomic E-state index is 0.105. The van der Waals surface area contributed by atoms with Crippen LogP contribution in [0, 0.1) is 0 Å². The summed E-state index contributed by atoms with van der Waals surface area (Å²) in [6, 6.07) is 0. The summed E-state index contributed by atoms with van der Waals surface area (Å²) in [5.74, 6) is -1.58. The number of carbonyl (C=O) groups excluding carboxylic acids is 3. The summed E-state index contributed by atoms with van der Waals surface area (Å²) >= 11 is 0. The number of unbranched alkanes of at least 4 members (excludes halogenated alkanes) is 31. The molecule has 4 N–H and O–H groups in total. The number of ether oxygens (including phenoxy) is 3. The molecule has 0 aromatic rings. The number of hydrogen-bond acceptors (Lipinski definition) is 14. The van der Waals surface area contributed by atoms with Crippen LogP contribution in [0.15, 0.2) is 109 Å². The third-order valence-electron chi connectivity index (χ3n) is 16.0. The van der Waals surface area contributed by atoms with Gasteiger partial charge in [-0.25, -0.2) is 9.13 Å². The van der Waals surface area contributed by atoms with E-state index in [0.717, 1.165) is 154 Å². The Morgan fingerprint density at radius 1 is 0.299 bits per heavy atom. The van der Waals surface area contributed by atoms with E-state index >= 15 is 0 Å². The highest BCUT2D eigenvalue weighted by Gasteiger charge is 2.29. The Labute approximate surface area is 590 Å². The Kier molecular flexibility index (Phi) is 69.2. The summed E-state index contributed by atoms with van der Waals surface area (Å²) in [6.45, 7) is 2.54. The van der Waals surface area contributed by atoms with Crippen LogP contribution >= 0.6 is 15.6 Å². The van der Waals surface area contributed by atoms with E-state index in [4.69, 9.17) is 32.3 Å². The Morgan fingerprint density at radius 3 is 0.887 bits per heavy atom. The van der Waals surface area contributed by atoms with Gasteiger partial charge in [0.1, 0.15) is 25.4 Å². The molecule has 5 atom stereocenters. The van der Waals surface area contributed by atoms with Crippen LogP contribution in [-0.2, 0) is 55.8 Å². The first-order valence-corrected chi connectivity index (χ1v) is 41.2. The third kappa shape index (κ3) is 73.3. The second-order valence-corrected chi connectivity index (χ2v) is 28.3. The first-order valence-electron chi connectivity index (χ1n) is 38.2. The number of aliphatic hydroxyl groups is 2. The van der Waals surface area contributed by atoms with Crippen LogP contribution in [0.4, 0.5) is 0 Å². The molecule has 18 heteroatoms. The topological polar surface area (TPSA) is 231 Å². The monoisotopic (exact) mass is 1400 g/mol. The molecule has 0 bridgehead atoms. The molecule has 0 radical (unpaired) electrons. The van der Waals surface area contributed by atoms with Gasteiger partial charge >= 0.3 is 33.6 Å². The molecule has 0 amide bonds. The summed E-state index contributed by atoms with van der Waals surface area (Å²) < 4.78 is 61.0. The summed E-state index contributed by atoms with van der Waals surface area (Å²) in [6.07, 6.45) is 82.8. The van der Waals surface area contributed by atoms with Crippen LogP contribution in [0.3, 0.4) is 0 Å². The fourth-order valence-corrected chi connectivity index (χ4v) is 11.8. The number of carbonyl (C=O) groups is 3. The van der Waals surface area contributed by atoms with E-state index in [2.05, 4.69) is 130 Å². The van der Waals surface area contributed by atoms with E-state index < -0.39 is 91.5 Å². The van der Waals surface area contributed by atoms with E-state index in [1.54, 1.807) is 0 Å². The van der Waals surface area contributed by atoms with Crippen molar-refractivity contribution in [2.75, 3.05) is 39.6 Å². The van der Waals surface area contributed by atoms with Gasteiger partial charge in [-0.05, 0) is 109 Å². The number of esters is 3. The molecule has 0 aliphatic carbocycles. The largest absolute Gasteiger partial charge is 0.472 e. The lowest BCUT2D eigenvalue weighted by Gasteiger charge is -2.21. The van der Waals surface area contributed by atoms with Gasteiger partial charge in [0.2, 0.25) is 0 Å². The first kappa shape index (κ1) is 93.2. The third-order valence-corrected chi connectivity index (χ3v) is 17.9. The molecule has 97 heavy (non-hydrogen) atoms. The lowest BCUT2D eigenvalue weighted by molar-refractivity contribution is -0.161. The molecule has 5 unspecified atom stereocenters. The van der Waals surface area contributed by atoms with Crippen molar-refractivity contribution >= 4 is 33.6 Å². The Balaban J connectivity index is 4.50. The van der Waals surface area contributed by atoms with Gasteiger partial charge in [0.25, 0.3) is 0 Å². The van der Waals surface area contributed by atoms with Gasteiger partial charge in [-0.3, -0.25) is 32.5 Å². The average Bonchev–Trinajstić information content (AvgIpc) is 1.64. The molecular formula is C79H138O16P2. The smallest absolute Gasteiger partial charge is 0.463 e. The van der Waals surface area contributed by atoms with Crippen LogP contribution in [0.25, 0.3) is 0 Å². The molecule has 0 aromatic carbocycles. The zero-order valence-corrected chi connectivity index (χ0v) is 62.8. The van der Waals surface area contributed by atoms with Gasteiger partial charge in [-0.2, -0.15) is 0 Å². The Hall–Kier alpha value is -3.79. The number of phosphoric ester groups is 2. The second kappa shape index (κ2) is 72.0. The molecule has 0 rings (SSSR count). The Bertz CT molecular complexity index is 2200. The zero-order valence-electron chi connectivity index (χ0n) is 61.0. The van der Waals surface area contributed by atoms with E-state index in [9.17, 15) is 43.5 Å². The number of aliphatic hydroxyl groups excluding tert-OH is 2. The summed E-state index contributed by atoms with van der Waals surface area (Å²) in [5.41, 5.74) is 0. The van der Waals surface area contributed by atoms with Gasteiger partial charge in [0.05, 0.1) is 26.4 Å². The van der Waals surface area contributed by atoms with Crippen molar-refractivity contribution in [1.82, 2.24) is 0 Å². The number of rotatable bonds is 72. The van der Waals surface area contributed by atoms with Gasteiger partial charge in [-0.1, -0.05) is 297 Å². The predicted molar refractivity (Wildman–Crippen MR) is 399 cm³/mol. The summed E-state index contributed by atoms with van der Waals surface area (Å²) in [5, 5.41) is 20.6. The van der Waals surface area contributed by atoms with Crippen molar-refractivity contribution in [1.29, 1.82) is 0 Å². The maximum absolute atomic E-state index is 12.9. The van der Waals surface area contributed by atoms with Gasteiger partial charge in [0, 0.05) is 19.3 Å². The molecule has 560 valence electrons. The van der Waals surface area contributed by atoms with Crippen LogP contribution in [0.2, 0.25) is 0 Å². The molecule has 0 saturated carbocycles. The van der Waals surface area contributed by atoms with Crippen molar-refractivity contribution in [3.63, 3.8) is 0 Å². The summed E-state index contributed by atoms with van der Waals surface area (Å²) in [4.78, 5) is 58.5. The van der Waals surface area contributed by atoms with E-state index in [1.807, 2.05) is 0 Å². The number of hydrogen-bond donors (Lipinski definition) is 4. The lowest BCUT2D eigenvalue weighted by atomic mass is 10.0. The highest BCUT2D eigenvalue weighted by Crippen LogP contribution is 2.45. The molecule has 0 spiro atoms. The van der Waals surface area contributed by atoms with Crippen LogP contribution in [0.1, 0.15) is 316 Å². The van der Waals surface area contributed by atoms with E-state index in [-0.39, 0.29) is 19.3 Å². The van der Waals surface area contributed by atoms with E-state index in [1.165, 1.54) is 103 Å². The maximum atomic E-state index is 12.9. The highest BCUT2D eigenvalue weighted by atomic mass is 31.2. The highest BCUT2D eigenvalue weighted by molar-refractivity contribution is 7.47. The molecular weight excluding hydrogens is 1270 g/mol. The van der Waals surface area contributed by atoms with Crippen molar-refractivity contribution in [3.8, 4) is 0 Å². The average molecular weight is 1410 g/mol. The minimum atomic E-state index is -4.93. The van der Waals surface area contributed by atoms with Crippen LogP contribution in [-0.4, -0.2) is 95.9 Å². The van der Waals surface area contributed by atoms with Crippen molar-refractivity contribution in [3.05, 3.63) is 109 Å². The fraction of sp³-hybridized carbons (Fsp3) is 0.734. The standard InChI is InChI=1S/C79H138O16P2/c1-4-7-10-13-16-19-22-25-27-29-31-32-33-34-35-36-37-38-39-40-42-44-45-48-50-53-56-59-62-65-77(82)89-68-74(80)69-91-96(85,86)92-70-75(81)71-93-97(87,88)94-73-76(95-79(84)67-64-61-58-55-52-47-24-21-18-15-12-9-6-3)72-90-78(83)66-63-60-57-54-51-49-46-43-41-30-28-26-23-20-17-14-11-8-5-2/h7,10,16-17,19-20,25-28,31-32,34-35,37-38,41,43,74-76,80-81H,4-6,8-9,11-15,18,21-24,29-30,33,36,39-40,42,44-73H2,1-3H3,(H,85,86)(H,87,88)/b10-7-,19-16-,20-17-,27-25-,28-26-,32-31-,35-34-,38-37-,43-41-. The van der Waals surface area contributed by atoms with Gasteiger partial charge in [0.15, 0.2) is 6.10 Å². The summed E-state index contributed by atoms with van der Waals surface area (Å²) in [7, 11) is -9.78. The van der Waals surface area contributed by atoms with Gasteiger partial charge in [-0.15, -0.1) is 0 Å². The zero-order chi connectivity index (χ0) is 70.9. The lowest BCUT2D eigenvalue weighted by Crippen LogP contribution is -2.30. The van der Waals surface area contributed by atoms with Crippen molar-refractivity contribution < 1.29 is 75.8 Å². The molecule has 0 aliphatic rings. The first-order chi connectivity index (χ1) is 47.2. The Morgan fingerprint density at radius 2 is 0.546 bits per heavy atom. The second-order valence-electron chi connectivity index (χ2n) is 25.4. The van der Waals surface area contributed by atoms with Crippen molar-refractivity contribution in [2.45, 2.75) is 334 Å². The predicted octanol–water partition coefficient (Wildman–Crippen LogP) is 22.0. The van der Waals surface area contributed by atoms with Crippen LogP contribution in [0.5, 0.6) is 0 Å². The quantitative estimate of drug-likeness (QED) is 0.0146. The molecule has 0 heterocycles. The van der Waals surface area contributed by atoms with Gasteiger partial charge < -0.3 is 34.2 Å². The normalized spacial score (nSPS) is 14.7. The SMILES string of the molecule is CC/C=C\C/C=C\C/C=C\C/C=C\C/C=C\C/C=C\CCCCCCCCCCCCC(=O)OCC(O)COP(=O)(O)OCC(O)COP(=O)(O)OCC(COC(=O)CCCCCCCC/C=C\C/C=C\C/C=C\CCCCC)OC(=O)CCCCCCCCCCCCCCC. The molecule has 0 fully saturated rings. The number of allylic oxidation sites excluding steroid dienone is 18. The molecule has 0 aromatic heterocycles. The van der Waals surface area contributed by atoms with Crippen LogP contribution < -0.4 is 0 Å². The van der Waals surface area contributed by atoms with E-state index in [0.29, 0.717) is 19.3 Å². The fourth-order valence-electron chi connectivity index (χ4n) is 10.2. The van der Waals surface area contributed by atoms with Crippen molar-refractivity contribution in [2.24, 2.45) is 0 Å².